The first kappa shape index (κ1) is 21.5. The van der Waals surface area contributed by atoms with Crippen LogP contribution in [0.1, 0.15) is 16.8 Å². The summed E-state index contributed by atoms with van der Waals surface area (Å²) in [5.41, 5.74) is -0.724. The van der Waals surface area contributed by atoms with Crippen LogP contribution in [0.15, 0.2) is 63.8 Å². The number of rotatable bonds is 9. The minimum Gasteiger partial charge on any atom is -0.475 e. The predicted octanol–water partition coefficient (Wildman–Crippen LogP) is 2.44. The van der Waals surface area contributed by atoms with Gasteiger partial charge in [-0.2, -0.15) is 0 Å². The molecule has 0 aliphatic heterocycles. The quantitative estimate of drug-likeness (QED) is 0.181. The second-order valence-electron chi connectivity index (χ2n) is 6.33. The molecule has 3 aromatic rings. The lowest BCUT2D eigenvalue weighted by Crippen LogP contribution is -2.29. The fourth-order valence-electron chi connectivity index (χ4n) is 2.68. The summed E-state index contributed by atoms with van der Waals surface area (Å²) < 4.78 is 15.2. The maximum Gasteiger partial charge on any atom is 0.349 e. The maximum atomic E-state index is 12.2. The number of ether oxygens (including phenoxy) is 2. The molecule has 160 valence electrons. The van der Waals surface area contributed by atoms with Crippen LogP contribution in [-0.2, 0) is 9.53 Å². The van der Waals surface area contributed by atoms with Gasteiger partial charge in [-0.3, -0.25) is 14.9 Å². The van der Waals surface area contributed by atoms with Gasteiger partial charge in [-0.1, -0.05) is 30.3 Å². The Morgan fingerprint density at radius 2 is 1.84 bits per heavy atom. The van der Waals surface area contributed by atoms with Crippen molar-refractivity contribution in [2.75, 3.05) is 19.8 Å². The molecule has 1 aromatic heterocycles. The lowest BCUT2D eigenvalue weighted by Gasteiger charge is -2.08. The van der Waals surface area contributed by atoms with Crippen molar-refractivity contribution in [3.05, 3.63) is 80.7 Å². The third-order valence-corrected chi connectivity index (χ3v) is 4.16. The van der Waals surface area contributed by atoms with Crippen LogP contribution in [0.25, 0.3) is 11.0 Å². The number of para-hydroxylation sites is 3. The zero-order valence-electron chi connectivity index (χ0n) is 16.2. The molecule has 1 heterocycles. The molecule has 0 bridgehead atoms. The van der Waals surface area contributed by atoms with Gasteiger partial charge in [0.05, 0.1) is 11.5 Å². The fraction of sp³-hybridized carbons (Fsp3) is 0.190. The van der Waals surface area contributed by atoms with Crippen molar-refractivity contribution in [3.63, 3.8) is 0 Å². The monoisotopic (exact) mass is 426 g/mol. The number of nitro groups is 1. The number of hydrogen-bond acceptors (Lipinski definition) is 8. The SMILES string of the molecule is O=C(COc1ccccc1[N+](=O)[O-])OCCCNC(=O)c1cc2ccccc2oc1=O. The first-order valence-corrected chi connectivity index (χ1v) is 9.28. The van der Waals surface area contributed by atoms with Gasteiger partial charge in [-0.15, -0.1) is 0 Å². The molecule has 2 aromatic carbocycles. The number of nitro benzene ring substituents is 1. The summed E-state index contributed by atoms with van der Waals surface area (Å²) >= 11 is 0. The van der Waals surface area contributed by atoms with Gasteiger partial charge in [0.1, 0.15) is 11.1 Å². The highest BCUT2D eigenvalue weighted by molar-refractivity contribution is 5.96. The molecular formula is C21H18N2O8. The molecule has 0 saturated carbocycles. The summed E-state index contributed by atoms with van der Waals surface area (Å²) in [6.45, 7) is -0.343. The topological polar surface area (TPSA) is 138 Å². The summed E-state index contributed by atoms with van der Waals surface area (Å²) in [6, 6.07) is 14.0. The fourth-order valence-corrected chi connectivity index (χ4v) is 2.68. The van der Waals surface area contributed by atoms with Gasteiger partial charge in [-0.25, -0.2) is 9.59 Å². The van der Waals surface area contributed by atoms with E-state index in [4.69, 9.17) is 13.9 Å². The molecule has 0 saturated heterocycles. The molecular weight excluding hydrogens is 408 g/mol. The van der Waals surface area contributed by atoms with Gasteiger partial charge in [0.2, 0.25) is 0 Å². The van der Waals surface area contributed by atoms with Crippen LogP contribution < -0.4 is 15.7 Å². The van der Waals surface area contributed by atoms with Crippen LogP contribution in [-0.4, -0.2) is 36.6 Å². The summed E-state index contributed by atoms with van der Waals surface area (Å²) in [5, 5.41) is 14.1. The Kier molecular flexibility index (Phi) is 6.94. The highest BCUT2D eigenvalue weighted by atomic mass is 16.6. The number of nitrogens with one attached hydrogen (secondary N) is 1. The Morgan fingerprint density at radius 1 is 1.10 bits per heavy atom. The number of fused-ring (bicyclic) bond motifs is 1. The van der Waals surface area contributed by atoms with Gasteiger partial charge >= 0.3 is 17.3 Å². The third kappa shape index (κ3) is 5.66. The third-order valence-electron chi connectivity index (χ3n) is 4.16. The first-order chi connectivity index (χ1) is 15.0. The average Bonchev–Trinajstić information content (AvgIpc) is 2.77. The van der Waals surface area contributed by atoms with Crippen LogP contribution in [0.5, 0.6) is 5.75 Å². The molecule has 0 aliphatic rings. The first-order valence-electron chi connectivity index (χ1n) is 9.28. The van der Waals surface area contributed by atoms with Crippen LogP contribution in [0, 0.1) is 10.1 Å². The minimum absolute atomic E-state index is 0.00825. The highest BCUT2D eigenvalue weighted by Crippen LogP contribution is 2.25. The van der Waals surface area contributed by atoms with Crippen molar-refractivity contribution in [1.82, 2.24) is 5.32 Å². The second kappa shape index (κ2) is 10.0. The maximum absolute atomic E-state index is 12.2. The summed E-state index contributed by atoms with van der Waals surface area (Å²) in [6.07, 6.45) is 0.294. The van der Waals surface area contributed by atoms with Crippen molar-refractivity contribution >= 4 is 28.5 Å². The summed E-state index contributed by atoms with van der Waals surface area (Å²) in [4.78, 5) is 46.2. The Hall–Kier alpha value is -4.21. The van der Waals surface area contributed by atoms with Gasteiger partial charge in [-0.05, 0) is 24.6 Å². The Balaban J connectivity index is 1.41. The van der Waals surface area contributed by atoms with Gasteiger partial charge in [0.25, 0.3) is 5.91 Å². The van der Waals surface area contributed by atoms with Gasteiger partial charge in [0, 0.05) is 18.0 Å². The number of nitrogens with zero attached hydrogens (tertiary/aromatic N) is 1. The van der Waals surface area contributed by atoms with Crippen molar-refractivity contribution in [2.45, 2.75) is 6.42 Å². The van der Waals surface area contributed by atoms with E-state index in [2.05, 4.69) is 5.32 Å². The number of carbonyl (C=O) groups is 2. The van der Waals surface area contributed by atoms with E-state index in [0.717, 1.165) is 0 Å². The molecule has 0 aliphatic carbocycles. The molecule has 0 spiro atoms. The van der Waals surface area contributed by atoms with Crippen LogP contribution in [0.2, 0.25) is 0 Å². The molecule has 3 rings (SSSR count). The molecule has 1 amide bonds. The van der Waals surface area contributed by atoms with Gasteiger partial charge < -0.3 is 19.2 Å². The van der Waals surface area contributed by atoms with E-state index in [9.17, 15) is 24.5 Å². The van der Waals surface area contributed by atoms with Crippen molar-refractivity contribution < 1.29 is 28.4 Å². The van der Waals surface area contributed by atoms with E-state index < -0.39 is 29.0 Å². The summed E-state index contributed by atoms with van der Waals surface area (Å²) in [5.74, 6) is -1.34. The minimum atomic E-state index is -0.741. The van der Waals surface area contributed by atoms with E-state index in [-0.39, 0.29) is 30.2 Å². The lowest BCUT2D eigenvalue weighted by atomic mass is 10.2. The van der Waals surface area contributed by atoms with E-state index in [1.54, 1.807) is 30.3 Å². The normalized spacial score (nSPS) is 10.5. The lowest BCUT2D eigenvalue weighted by molar-refractivity contribution is -0.385. The predicted molar refractivity (Wildman–Crippen MR) is 109 cm³/mol. The molecule has 10 heteroatoms. The van der Waals surface area contributed by atoms with E-state index in [1.807, 2.05) is 0 Å². The van der Waals surface area contributed by atoms with E-state index in [1.165, 1.54) is 24.3 Å². The van der Waals surface area contributed by atoms with Crippen LogP contribution >= 0.6 is 0 Å². The number of hydrogen-bond donors (Lipinski definition) is 1. The van der Waals surface area contributed by atoms with Crippen LogP contribution in [0.3, 0.4) is 0 Å². The molecule has 0 radical (unpaired) electrons. The Labute approximate surface area is 175 Å². The van der Waals surface area contributed by atoms with E-state index in [0.29, 0.717) is 17.4 Å². The van der Waals surface area contributed by atoms with E-state index >= 15 is 0 Å². The average molecular weight is 426 g/mol. The summed E-state index contributed by atoms with van der Waals surface area (Å²) in [7, 11) is 0. The molecule has 0 unspecified atom stereocenters. The number of amides is 1. The highest BCUT2D eigenvalue weighted by Gasteiger charge is 2.16. The standard InChI is InChI=1S/C21H18N2O8/c24-19(13-30-18-9-4-2-7-16(18)23(27)28)29-11-5-10-22-20(25)15-12-14-6-1-3-8-17(14)31-21(15)26/h1-4,6-9,12H,5,10-11,13H2,(H,22,25). The molecule has 10 nitrogen and oxygen atoms in total. The zero-order chi connectivity index (χ0) is 22.2. The smallest absolute Gasteiger partial charge is 0.349 e. The number of carbonyl (C=O) groups excluding carboxylic acids is 2. The molecule has 1 N–H and O–H groups in total. The van der Waals surface area contributed by atoms with Crippen LogP contribution in [0.4, 0.5) is 5.69 Å². The molecule has 0 atom stereocenters. The Bertz CT molecular complexity index is 1170. The van der Waals surface area contributed by atoms with Crippen molar-refractivity contribution in [3.8, 4) is 5.75 Å². The largest absolute Gasteiger partial charge is 0.475 e. The van der Waals surface area contributed by atoms with Crippen molar-refractivity contribution in [2.24, 2.45) is 0 Å². The van der Waals surface area contributed by atoms with Crippen molar-refractivity contribution in [1.29, 1.82) is 0 Å². The van der Waals surface area contributed by atoms with Gasteiger partial charge in [0.15, 0.2) is 12.4 Å². The number of benzene rings is 2. The molecule has 31 heavy (non-hydrogen) atoms. The second-order valence-corrected chi connectivity index (χ2v) is 6.33. The number of esters is 1. The zero-order valence-corrected chi connectivity index (χ0v) is 16.2. The Morgan fingerprint density at radius 3 is 2.65 bits per heavy atom. The molecule has 0 fully saturated rings.